The molecular weight excluding hydrogens is 513 g/mol. The van der Waals surface area contributed by atoms with Gasteiger partial charge in [-0.2, -0.15) is 0 Å². The second-order valence-corrected chi connectivity index (χ2v) is 12.3. The lowest BCUT2D eigenvalue weighted by Crippen LogP contribution is -1.93. The quantitative estimate of drug-likeness (QED) is 0.201. The second kappa shape index (κ2) is 11.6. The minimum atomic E-state index is 0.465. The molecular formula is C40H32S. The first-order valence-electron chi connectivity index (χ1n) is 14.5. The molecule has 0 radical (unpaired) electrons. The fourth-order valence-corrected chi connectivity index (χ4v) is 7.52. The van der Waals surface area contributed by atoms with Crippen molar-refractivity contribution in [3.8, 4) is 44.5 Å². The van der Waals surface area contributed by atoms with Crippen molar-refractivity contribution in [1.82, 2.24) is 0 Å². The topological polar surface area (TPSA) is 0 Å². The fourth-order valence-electron chi connectivity index (χ4n) is 5.99. The summed E-state index contributed by atoms with van der Waals surface area (Å²) >= 11 is 2.13. The third-order valence-electron chi connectivity index (χ3n) is 8.10. The summed E-state index contributed by atoms with van der Waals surface area (Å²) in [5.74, 6) is 0. The van der Waals surface area contributed by atoms with E-state index in [2.05, 4.69) is 169 Å². The van der Waals surface area contributed by atoms with Crippen LogP contribution >= 0.6 is 11.8 Å². The molecule has 0 saturated carbocycles. The minimum Gasteiger partial charge on any atom is -0.146 e. The average Bonchev–Trinajstić information content (AvgIpc) is 3.57. The molecule has 1 aliphatic heterocycles. The van der Waals surface area contributed by atoms with E-state index in [9.17, 15) is 0 Å². The molecule has 1 heterocycles. The molecule has 0 N–H and O–H groups in total. The number of hydrogen-bond acceptors (Lipinski definition) is 1. The van der Waals surface area contributed by atoms with Gasteiger partial charge in [0.1, 0.15) is 0 Å². The standard InChI is InChI=1S/C40H32S/c1-5-13-29(14-6-1)33-23-34(30-15-7-2-8-16-30)26-37(25-33)39-21-22-40(41-39)38-27-35(31-17-9-3-10-18-31)24-36(28-38)32-19-11-4-12-20-32/h1-20,23-28,39-40H,21-22H2/t39-,40-/m1/s1. The summed E-state index contributed by atoms with van der Waals surface area (Å²) < 4.78 is 0. The number of rotatable bonds is 6. The molecule has 198 valence electrons. The first-order chi connectivity index (χ1) is 20.3. The third-order valence-corrected chi connectivity index (χ3v) is 9.78. The van der Waals surface area contributed by atoms with Crippen LogP contribution in [0.25, 0.3) is 44.5 Å². The van der Waals surface area contributed by atoms with E-state index >= 15 is 0 Å². The van der Waals surface area contributed by atoms with Gasteiger partial charge in [-0.05, 0) is 105 Å². The lowest BCUT2D eigenvalue weighted by Gasteiger charge is -2.17. The van der Waals surface area contributed by atoms with E-state index < -0.39 is 0 Å². The molecule has 6 aromatic rings. The van der Waals surface area contributed by atoms with E-state index in [4.69, 9.17) is 0 Å². The van der Waals surface area contributed by atoms with Gasteiger partial charge >= 0.3 is 0 Å². The molecule has 7 rings (SSSR count). The van der Waals surface area contributed by atoms with Crippen molar-refractivity contribution in [2.24, 2.45) is 0 Å². The van der Waals surface area contributed by atoms with Crippen LogP contribution < -0.4 is 0 Å². The van der Waals surface area contributed by atoms with Crippen LogP contribution in [0.1, 0.15) is 34.5 Å². The maximum Gasteiger partial charge on any atom is 0.0304 e. The zero-order chi connectivity index (χ0) is 27.4. The summed E-state index contributed by atoms with van der Waals surface area (Å²) in [7, 11) is 0. The molecule has 6 aromatic carbocycles. The Balaban J connectivity index is 1.25. The van der Waals surface area contributed by atoms with Crippen molar-refractivity contribution < 1.29 is 0 Å². The summed E-state index contributed by atoms with van der Waals surface area (Å²) in [6, 6.07) is 57.6. The van der Waals surface area contributed by atoms with Crippen LogP contribution in [0, 0.1) is 0 Å². The predicted octanol–water partition coefficient (Wildman–Crippen LogP) is 11.7. The lowest BCUT2D eigenvalue weighted by molar-refractivity contribution is 0.766. The Bertz CT molecular complexity index is 1490. The smallest absolute Gasteiger partial charge is 0.0304 e. The van der Waals surface area contributed by atoms with Gasteiger partial charge in [0.15, 0.2) is 0 Å². The van der Waals surface area contributed by atoms with Crippen LogP contribution in [-0.2, 0) is 0 Å². The zero-order valence-corrected chi connectivity index (χ0v) is 23.8. The molecule has 0 nitrogen and oxygen atoms in total. The highest BCUT2D eigenvalue weighted by atomic mass is 32.2. The SMILES string of the molecule is c1ccc(-c2cc(-c3ccccc3)cc([C@H]3CC[C@H](c4cc(-c5ccccc5)cc(-c5ccccc5)c4)S3)c2)cc1. The first-order valence-corrected chi connectivity index (χ1v) is 15.4. The molecule has 1 aliphatic rings. The molecule has 0 unspecified atom stereocenters. The second-order valence-electron chi connectivity index (χ2n) is 10.8. The first kappa shape index (κ1) is 25.6. The highest BCUT2D eigenvalue weighted by molar-refractivity contribution is 8.00. The predicted molar refractivity (Wildman–Crippen MR) is 177 cm³/mol. The molecule has 0 amide bonds. The maximum atomic E-state index is 2.43. The van der Waals surface area contributed by atoms with Crippen LogP contribution in [0.3, 0.4) is 0 Å². The van der Waals surface area contributed by atoms with E-state index in [1.165, 1.54) is 68.5 Å². The number of thioether (sulfide) groups is 1. The largest absolute Gasteiger partial charge is 0.146 e. The van der Waals surface area contributed by atoms with Gasteiger partial charge in [0.05, 0.1) is 0 Å². The van der Waals surface area contributed by atoms with Crippen LogP contribution in [-0.4, -0.2) is 0 Å². The Morgan fingerprint density at radius 2 is 0.585 bits per heavy atom. The van der Waals surface area contributed by atoms with E-state index in [0.717, 1.165) is 0 Å². The van der Waals surface area contributed by atoms with Gasteiger partial charge in [0, 0.05) is 10.5 Å². The van der Waals surface area contributed by atoms with Crippen molar-refractivity contribution in [2.75, 3.05) is 0 Å². The lowest BCUT2D eigenvalue weighted by atomic mass is 9.92. The number of benzene rings is 6. The van der Waals surface area contributed by atoms with Gasteiger partial charge in [-0.1, -0.05) is 121 Å². The molecule has 1 saturated heterocycles. The van der Waals surface area contributed by atoms with Crippen LogP contribution in [0.5, 0.6) is 0 Å². The zero-order valence-electron chi connectivity index (χ0n) is 23.0. The fraction of sp³-hybridized carbons (Fsp3) is 0.100. The van der Waals surface area contributed by atoms with E-state index in [1.807, 2.05) is 0 Å². The minimum absolute atomic E-state index is 0.465. The van der Waals surface area contributed by atoms with Crippen LogP contribution in [0.2, 0.25) is 0 Å². The average molecular weight is 545 g/mol. The number of hydrogen-bond donors (Lipinski definition) is 0. The van der Waals surface area contributed by atoms with Crippen molar-refractivity contribution >= 4 is 11.8 Å². The Hall–Kier alpha value is -4.33. The van der Waals surface area contributed by atoms with Gasteiger partial charge in [0.25, 0.3) is 0 Å². The van der Waals surface area contributed by atoms with E-state index in [0.29, 0.717) is 10.5 Å². The summed E-state index contributed by atoms with van der Waals surface area (Å²) in [6.45, 7) is 0. The van der Waals surface area contributed by atoms with E-state index in [-0.39, 0.29) is 0 Å². The van der Waals surface area contributed by atoms with Gasteiger partial charge in [0.2, 0.25) is 0 Å². The Morgan fingerprint density at radius 3 is 0.854 bits per heavy atom. The van der Waals surface area contributed by atoms with Gasteiger partial charge < -0.3 is 0 Å². The monoisotopic (exact) mass is 544 g/mol. The molecule has 0 aromatic heterocycles. The highest BCUT2D eigenvalue weighted by Crippen LogP contribution is 2.54. The van der Waals surface area contributed by atoms with Crippen molar-refractivity contribution in [3.05, 3.63) is 169 Å². The van der Waals surface area contributed by atoms with Gasteiger partial charge in [-0.15, -0.1) is 11.8 Å². The molecule has 1 fully saturated rings. The van der Waals surface area contributed by atoms with Crippen LogP contribution in [0.15, 0.2) is 158 Å². The molecule has 1 heteroatoms. The molecule has 2 atom stereocenters. The molecule has 0 spiro atoms. The van der Waals surface area contributed by atoms with Crippen LogP contribution in [0.4, 0.5) is 0 Å². The van der Waals surface area contributed by atoms with Crippen molar-refractivity contribution in [1.29, 1.82) is 0 Å². The Morgan fingerprint density at radius 1 is 0.317 bits per heavy atom. The van der Waals surface area contributed by atoms with E-state index in [1.54, 1.807) is 0 Å². The summed E-state index contributed by atoms with van der Waals surface area (Å²) in [5.41, 5.74) is 13.1. The highest BCUT2D eigenvalue weighted by Gasteiger charge is 2.29. The van der Waals surface area contributed by atoms with Crippen molar-refractivity contribution in [2.45, 2.75) is 23.3 Å². The van der Waals surface area contributed by atoms with Gasteiger partial charge in [-0.25, -0.2) is 0 Å². The third kappa shape index (κ3) is 5.64. The molecule has 41 heavy (non-hydrogen) atoms. The molecule has 0 aliphatic carbocycles. The Labute approximate surface area is 247 Å². The van der Waals surface area contributed by atoms with Gasteiger partial charge in [-0.3, -0.25) is 0 Å². The maximum absolute atomic E-state index is 2.43. The Kier molecular flexibility index (Phi) is 7.28. The summed E-state index contributed by atoms with van der Waals surface area (Å²) in [4.78, 5) is 0. The summed E-state index contributed by atoms with van der Waals surface area (Å²) in [6.07, 6.45) is 2.36. The normalized spacial score (nSPS) is 16.5. The molecule has 0 bridgehead atoms. The van der Waals surface area contributed by atoms with Crippen molar-refractivity contribution in [3.63, 3.8) is 0 Å². The summed E-state index contributed by atoms with van der Waals surface area (Å²) in [5, 5.41) is 0.929.